The van der Waals surface area contributed by atoms with Gasteiger partial charge >= 0.3 is 6.09 Å². The standard InChI is InChI=1S/C11H15NO3/c1-9(8-14-2)15-11(13)12-10-6-4-3-5-7-10/h3-7,9H,8H2,1-2H3,(H,12,13). The maximum Gasteiger partial charge on any atom is 0.411 e. The van der Waals surface area contributed by atoms with Crippen molar-refractivity contribution in [1.29, 1.82) is 0 Å². The van der Waals surface area contributed by atoms with Gasteiger partial charge in [0.25, 0.3) is 0 Å². The molecule has 0 spiro atoms. The molecule has 82 valence electrons. The molecular weight excluding hydrogens is 194 g/mol. The summed E-state index contributed by atoms with van der Waals surface area (Å²) < 4.78 is 9.87. The number of hydrogen-bond acceptors (Lipinski definition) is 3. The van der Waals surface area contributed by atoms with Crippen LogP contribution in [-0.4, -0.2) is 25.9 Å². The normalized spacial score (nSPS) is 11.9. The van der Waals surface area contributed by atoms with Crippen LogP contribution in [-0.2, 0) is 9.47 Å². The van der Waals surface area contributed by atoms with Crippen molar-refractivity contribution >= 4 is 11.8 Å². The maximum atomic E-state index is 11.3. The number of nitrogens with one attached hydrogen (secondary N) is 1. The van der Waals surface area contributed by atoms with Crippen molar-refractivity contribution in [1.82, 2.24) is 0 Å². The third kappa shape index (κ3) is 4.46. The minimum atomic E-state index is -0.467. The number of rotatable bonds is 4. The van der Waals surface area contributed by atoms with E-state index in [1.807, 2.05) is 18.2 Å². The first-order chi connectivity index (χ1) is 7.22. The zero-order valence-corrected chi connectivity index (χ0v) is 8.90. The van der Waals surface area contributed by atoms with Gasteiger partial charge in [0.15, 0.2) is 0 Å². The lowest BCUT2D eigenvalue weighted by Crippen LogP contribution is -2.23. The van der Waals surface area contributed by atoms with E-state index in [4.69, 9.17) is 9.47 Å². The SMILES string of the molecule is COCC(C)OC(=O)Nc1ccccc1. The molecule has 0 saturated heterocycles. The van der Waals surface area contributed by atoms with E-state index in [2.05, 4.69) is 5.32 Å². The molecule has 0 aromatic heterocycles. The molecule has 0 aliphatic carbocycles. The second-order valence-corrected chi connectivity index (χ2v) is 3.16. The summed E-state index contributed by atoms with van der Waals surface area (Å²) in [5.41, 5.74) is 0.715. The lowest BCUT2D eigenvalue weighted by molar-refractivity contribution is 0.0564. The Bertz CT molecular complexity index is 300. The Kier molecular flexibility index (Phi) is 4.63. The number of para-hydroxylation sites is 1. The van der Waals surface area contributed by atoms with Crippen LogP contribution in [0.5, 0.6) is 0 Å². The van der Waals surface area contributed by atoms with E-state index in [1.54, 1.807) is 26.2 Å². The van der Waals surface area contributed by atoms with E-state index >= 15 is 0 Å². The molecule has 1 aromatic carbocycles. The third-order valence-corrected chi connectivity index (χ3v) is 1.73. The van der Waals surface area contributed by atoms with Gasteiger partial charge in [-0.3, -0.25) is 5.32 Å². The van der Waals surface area contributed by atoms with Gasteiger partial charge in [0.1, 0.15) is 6.10 Å². The summed E-state index contributed by atoms with van der Waals surface area (Å²) in [4.78, 5) is 11.3. The second kappa shape index (κ2) is 6.03. The lowest BCUT2D eigenvalue weighted by Gasteiger charge is -2.12. The van der Waals surface area contributed by atoms with Crippen molar-refractivity contribution in [2.24, 2.45) is 0 Å². The van der Waals surface area contributed by atoms with Crippen molar-refractivity contribution in [2.45, 2.75) is 13.0 Å². The molecule has 1 amide bonds. The molecule has 1 rings (SSSR count). The van der Waals surface area contributed by atoms with Gasteiger partial charge < -0.3 is 9.47 Å². The molecule has 1 unspecified atom stereocenters. The van der Waals surface area contributed by atoms with E-state index < -0.39 is 6.09 Å². The molecule has 1 aromatic rings. The Morgan fingerprint density at radius 3 is 2.67 bits per heavy atom. The molecule has 15 heavy (non-hydrogen) atoms. The summed E-state index contributed by atoms with van der Waals surface area (Å²) >= 11 is 0. The van der Waals surface area contributed by atoms with Gasteiger partial charge in [0.05, 0.1) is 6.61 Å². The number of ether oxygens (including phenoxy) is 2. The van der Waals surface area contributed by atoms with Gasteiger partial charge in [-0.05, 0) is 19.1 Å². The Morgan fingerprint density at radius 1 is 1.40 bits per heavy atom. The number of amides is 1. The van der Waals surface area contributed by atoms with Crippen LogP contribution in [0, 0.1) is 0 Å². The summed E-state index contributed by atoms with van der Waals surface area (Å²) in [6, 6.07) is 9.15. The van der Waals surface area contributed by atoms with Gasteiger partial charge in [-0.1, -0.05) is 18.2 Å². The van der Waals surface area contributed by atoms with Crippen LogP contribution in [0.3, 0.4) is 0 Å². The molecule has 0 fully saturated rings. The first-order valence-electron chi connectivity index (χ1n) is 4.74. The fourth-order valence-corrected chi connectivity index (χ4v) is 1.12. The Morgan fingerprint density at radius 2 is 2.07 bits per heavy atom. The van der Waals surface area contributed by atoms with Crippen molar-refractivity contribution < 1.29 is 14.3 Å². The molecule has 1 atom stereocenters. The van der Waals surface area contributed by atoms with Crippen LogP contribution >= 0.6 is 0 Å². The van der Waals surface area contributed by atoms with Crippen molar-refractivity contribution in [2.75, 3.05) is 19.0 Å². The zero-order valence-electron chi connectivity index (χ0n) is 8.90. The van der Waals surface area contributed by atoms with E-state index in [9.17, 15) is 4.79 Å². The number of hydrogen-bond donors (Lipinski definition) is 1. The highest BCUT2D eigenvalue weighted by Gasteiger charge is 2.08. The lowest BCUT2D eigenvalue weighted by atomic mass is 10.3. The number of carbonyl (C=O) groups is 1. The average Bonchev–Trinajstić information content (AvgIpc) is 2.19. The van der Waals surface area contributed by atoms with Crippen LogP contribution in [0.2, 0.25) is 0 Å². The summed E-state index contributed by atoms with van der Waals surface area (Å²) in [6.07, 6.45) is -0.718. The fourth-order valence-electron chi connectivity index (χ4n) is 1.12. The van der Waals surface area contributed by atoms with E-state index in [1.165, 1.54) is 0 Å². The molecule has 0 saturated carbocycles. The van der Waals surface area contributed by atoms with Gasteiger partial charge in [0.2, 0.25) is 0 Å². The van der Waals surface area contributed by atoms with E-state index in [-0.39, 0.29) is 6.10 Å². The van der Waals surface area contributed by atoms with Gasteiger partial charge in [-0.2, -0.15) is 0 Å². The predicted octanol–water partition coefficient (Wildman–Crippen LogP) is 2.27. The number of carbonyl (C=O) groups excluding carboxylic acids is 1. The van der Waals surface area contributed by atoms with Crippen LogP contribution in [0.4, 0.5) is 10.5 Å². The van der Waals surface area contributed by atoms with Gasteiger partial charge in [-0.15, -0.1) is 0 Å². The van der Waals surface area contributed by atoms with Crippen LogP contribution < -0.4 is 5.32 Å². The van der Waals surface area contributed by atoms with Crippen molar-refractivity contribution in [3.63, 3.8) is 0 Å². The smallest absolute Gasteiger partial charge is 0.411 e. The molecule has 0 bridgehead atoms. The molecule has 0 aliphatic heterocycles. The highest BCUT2D eigenvalue weighted by molar-refractivity contribution is 5.84. The Labute approximate surface area is 89.2 Å². The van der Waals surface area contributed by atoms with E-state index in [0.717, 1.165) is 0 Å². The van der Waals surface area contributed by atoms with Crippen LogP contribution in [0.15, 0.2) is 30.3 Å². The maximum absolute atomic E-state index is 11.3. The largest absolute Gasteiger partial charge is 0.444 e. The minimum absolute atomic E-state index is 0.251. The minimum Gasteiger partial charge on any atom is -0.444 e. The van der Waals surface area contributed by atoms with Gasteiger partial charge in [-0.25, -0.2) is 4.79 Å². The number of methoxy groups -OCH3 is 1. The Hall–Kier alpha value is -1.55. The molecule has 0 heterocycles. The summed E-state index contributed by atoms with van der Waals surface area (Å²) in [5, 5.41) is 2.61. The number of benzene rings is 1. The van der Waals surface area contributed by atoms with Crippen molar-refractivity contribution in [3.8, 4) is 0 Å². The predicted molar refractivity (Wildman–Crippen MR) is 57.9 cm³/mol. The molecule has 0 aliphatic rings. The quantitative estimate of drug-likeness (QED) is 0.827. The molecule has 0 radical (unpaired) electrons. The topological polar surface area (TPSA) is 47.6 Å². The second-order valence-electron chi connectivity index (χ2n) is 3.16. The third-order valence-electron chi connectivity index (χ3n) is 1.73. The van der Waals surface area contributed by atoms with Gasteiger partial charge in [0, 0.05) is 12.8 Å². The molecule has 4 nitrogen and oxygen atoms in total. The summed E-state index contributed by atoms with van der Waals surface area (Å²) in [6.45, 7) is 2.16. The zero-order chi connectivity index (χ0) is 11.1. The molecule has 4 heteroatoms. The first-order valence-corrected chi connectivity index (χ1v) is 4.74. The monoisotopic (exact) mass is 209 g/mol. The highest BCUT2D eigenvalue weighted by atomic mass is 16.6. The van der Waals surface area contributed by atoms with Crippen LogP contribution in [0.1, 0.15) is 6.92 Å². The van der Waals surface area contributed by atoms with Crippen LogP contribution in [0.25, 0.3) is 0 Å². The first kappa shape index (κ1) is 11.5. The van der Waals surface area contributed by atoms with Crippen molar-refractivity contribution in [3.05, 3.63) is 30.3 Å². The summed E-state index contributed by atoms with van der Waals surface area (Å²) in [5.74, 6) is 0. The fraction of sp³-hybridized carbons (Fsp3) is 0.364. The molecule has 1 N–H and O–H groups in total. The van der Waals surface area contributed by atoms with E-state index in [0.29, 0.717) is 12.3 Å². The number of anilines is 1. The Balaban J connectivity index is 2.36. The summed E-state index contributed by atoms with van der Waals surface area (Å²) in [7, 11) is 1.56. The highest BCUT2D eigenvalue weighted by Crippen LogP contribution is 2.06. The average molecular weight is 209 g/mol. The molecular formula is C11H15NO3.